The van der Waals surface area contributed by atoms with Crippen molar-refractivity contribution in [3.8, 4) is 17.0 Å². The average Bonchev–Trinajstić information content (AvgIpc) is 2.39. The van der Waals surface area contributed by atoms with E-state index >= 15 is 0 Å². The van der Waals surface area contributed by atoms with Gasteiger partial charge in [0.1, 0.15) is 5.75 Å². The summed E-state index contributed by atoms with van der Waals surface area (Å²) in [7, 11) is 3.49. The maximum absolute atomic E-state index is 5.30. The molecule has 5 nitrogen and oxygen atoms in total. The van der Waals surface area contributed by atoms with Crippen LogP contribution >= 0.6 is 0 Å². The SMILES string of the molecule is CNCc1nncc(-c2ccccc2OC)n1. The molecule has 5 heteroatoms. The highest BCUT2D eigenvalue weighted by molar-refractivity contribution is 5.66. The minimum absolute atomic E-state index is 0.593. The van der Waals surface area contributed by atoms with E-state index in [1.807, 2.05) is 31.3 Å². The van der Waals surface area contributed by atoms with Crippen molar-refractivity contribution in [2.24, 2.45) is 0 Å². The molecule has 0 aliphatic rings. The monoisotopic (exact) mass is 230 g/mol. The van der Waals surface area contributed by atoms with Crippen molar-refractivity contribution < 1.29 is 4.74 Å². The highest BCUT2D eigenvalue weighted by Gasteiger charge is 2.07. The second kappa shape index (κ2) is 5.36. The lowest BCUT2D eigenvalue weighted by Gasteiger charge is -2.07. The standard InChI is InChI=1S/C12H14N4O/c1-13-8-12-15-10(7-14-16-12)9-5-3-4-6-11(9)17-2/h3-7,13H,8H2,1-2H3. The van der Waals surface area contributed by atoms with E-state index in [-0.39, 0.29) is 0 Å². The van der Waals surface area contributed by atoms with Gasteiger partial charge in [-0.05, 0) is 19.2 Å². The van der Waals surface area contributed by atoms with Crippen molar-refractivity contribution in [3.63, 3.8) is 0 Å². The molecule has 0 saturated heterocycles. The number of methoxy groups -OCH3 is 1. The van der Waals surface area contributed by atoms with E-state index in [1.165, 1.54) is 0 Å². The Kier molecular flexibility index (Phi) is 3.62. The molecule has 0 radical (unpaired) electrons. The van der Waals surface area contributed by atoms with E-state index in [9.17, 15) is 0 Å². The molecule has 2 aromatic rings. The maximum atomic E-state index is 5.30. The van der Waals surface area contributed by atoms with Crippen LogP contribution < -0.4 is 10.1 Å². The Morgan fingerprint density at radius 1 is 1.29 bits per heavy atom. The number of hydrogen-bond acceptors (Lipinski definition) is 5. The normalized spacial score (nSPS) is 10.2. The second-order valence-corrected chi connectivity index (χ2v) is 3.49. The van der Waals surface area contributed by atoms with Gasteiger partial charge in [0.05, 0.1) is 25.5 Å². The fourth-order valence-electron chi connectivity index (χ4n) is 1.56. The summed E-state index contributed by atoms with van der Waals surface area (Å²) in [6.45, 7) is 0.593. The maximum Gasteiger partial charge on any atom is 0.165 e. The first-order valence-electron chi connectivity index (χ1n) is 5.31. The summed E-state index contributed by atoms with van der Waals surface area (Å²) in [6.07, 6.45) is 1.64. The van der Waals surface area contributed by atoms with Gasteiger partial charge in [-0.2, -0.15) is 5.10 Å². The van der Waals surface area contributed by atoms with Crippen LogP contribution in [-0.2, 0) is 6.54 Å². The highest BCUT2D eigenvalue weighted by Crippen LogP contribution is 2.27. The summed E-state index contributed by atoms with van der Waals surface area (Å²) >= 11 is 0. The molecule has 0 bridgehead atoms. The Bertz CT molecular complexity index is 501. The zero-order valence-electron chi connectivity index (χ0n) is 9.84. The number of para-hydroxylation sites is 1. The van der Waals surface area contributed by atoms with Gasteiger partial charge in [-0.15, -0.1) is 5.10 Å². The van der Waals surface area contributed by atoms with E-state index in [1.54, 1.807) is 13.3 Å². The Morgan fingerprint density at radius 3 is 2.88 bits per heavy atom. The smallest absolute Gasteiger partial charge is 0.165 e. The highest BCUT2D eigenvalue weighted by atomic mass is 16.5. The zero-order valence-corrected chi connectivity index (χ0v) is 9.84. The summed E-state index contributed by atoms with van der Waals surface area (Å²) in [5.41, 5.74) is 1.69. The number of nitrogens with zero attached hydrogens (tertiary/aromatic N) is 3. The van der Waals surface area contributed by atoms with Crippen LogP contribution in [0.4, 0.5) is 0 Å². The van der Waals surface area contributed by atoms with Crippen LogP contribution in [0.5, 0.6) is 5.75 Å². The lowest BCUT2D eigenvalue weighted by atomic mass is 10.1. The zero-order chi connectivity index (χ0) is 12.1. The van der Waals surface area contributed by atoms with E-state index < -0.39 is 0 Å². The van der Waals surface area contributed by atoms with Gasteiger partial charge in [0, 0.05) is 5.56 Å². The first-order chi connectivity index (χ1) is 8.35. The largest absolute Gasteiger partial charge is 0.496 e. The molecule has 1 aromatic heterocycles. The molecular weight excluding hydrogens is 216 g/mol. The average molecular weight is 230 g/mol. The number of rotatable bonds is 4. The van der Waals surface area contributed by atoms with E-state index in [4.69, 9.17) is 4.74 Å². The number of hydrogen-bond donors (Lipinski definition) is 1. The predicted octanol–water partition coefficient (Wildman–Crippen LogP) is 1.27. The van der Waals surface area contributed by atoms with Gasteiger partial charge in [-0.3, -0.25) is 0 Å². The van der Waals surface area contributed by atoms with Crippen molar-refractivity contribution in [2.45, 2.75) is 6.54 Å². The van der Waals surface area contributed by atoms with Gasteiger partial charge in [0.25, 0.3) is 0 Å². The predicted molar refractivity (Wildman–Crippen MR) is 64.6 cm³/mol. The first kappa shape index (κ1) is 11.5. The van der Waals surface area contributed by atoms with Crippen molar-refractivity contribution >= 4 is 0 Å². The molecule has 0 fully saturated rings. The number of benzene rings is 1. The molecular formula is C12H14N4O. The van der Waals surface area contributed by atoms with Crippen LogP contribution in [0.1, 0.15) is 5.82 Å². The quantitative estimate of drug-likeness (QED) is 0.857. The Labute approximate surface area is 99.9 Å². The van der Waals surface area contributed by atoms with Crippen LogP contribution in [-0.4, -0.2) is 29.3 Å². The number of ether oxygens (including phenoxy) is 1. The Balaban J connectivity index is 2.41. The van der Waals surface area contributed by atoms with E-state index in [2.05, 4.69) is 20.5 Å². The summed E-state index contributed by atoms with van der Waals surface area (Å²) < 4.78 is 5.30. The van der Waals surface area contributed by atoms with Crippen LogP contribution in [0.25, 0.3) is 11.3 Å². The molecule has 1 N–H and O–H groups in total. The van der Waals surface area contributed by atoms with Crippen molar-refractivity contribution in [1.29, 1.82) is 0 Å². The lowest BCUT2D eigenvalue weighted by Crippen LogP contribution is -2.10. The molecule has 0 aliphatic heterocycles. The molecule has 88 valence electrons. The summed E-state index contributed by atoms with van der Waals surface area (Å²) in [5, 5.41) is 10.9. The van der Waals surface area contributed by atoms with E-state index in [0.717, 1.165) is 17.0 Å². The molecule has 2 rings (SSSR count). The van der Waals surface area contributed by atoms with Gasteiger partial charge in [-0.1, -0.05) is 12.1 Å². The lowest BCUT2D eigenvalue weighted by molar-refractivity contribution is 0.416. The topological polar surface area (TPSA) is 59.9 Å². The minimum atomic E-state index is 0.593. The van der Waals surface area contributed by atoms with Gasteiger partial charge >= 0.3 is 0 Å². The number of aromatic nitrogens is 3. The molecule has 0 unspecified atom stereocenters. The van der Waals surface area contributed by atoms with Crippen LogP contribution in [0.3, 0.4) is 0 Å². The van der Waals surface area contributed by atoms with Gasteiger partial charge in [0.15, 0.2) is 5.82 Å². The van der Waals surface area contributed by atoms with Gasteiger partial charge in [0.2, 0.25) is 0 Å². The third-order valence-electron chi connectivity index (χ3n) is 2.32. The molecule has 0 saturated carbocycles. The van der Waals surface area contributed by atoms with Crippen molar-refractivity contribution in [3.05, 3.63) is 36.3 Å². The fourth-order valence-corrected chi connectivity index (χ4v) is 1.56. The molecule has 0 spiro atoms. The molecule has 0 atom stereocenters. The molecule has 0 aliphatic carbocycles. The van der Waals surface area contributed by atoms with E-state index in [0.29, 0.717) is 12.4 Å². The van der Waals surface area contributed by atoms with Gasteiger partial charge in [-0.25, -0.2) is 4.98 Å². The minimum Gasteiger partial charge on any atom is -0.496 e. The molecule has 17 heavy (non-hydrogen) atoms. The third kappa shape index (κ3) is 2.57. The number of nitrogens with one attached hydrogen (secondary N) is 1. The second-order valence-electron chi connectivity index (χ2n) is 3.49. The van der Waals surface area contributed by atoms with Crippen LogP contribution in [0.15, 0.2) is 30.5 Å². The Hall–Kier alpha value is -2.01. The summed E-state index contributed by atoms with van der Waals surface area (Å²) in [4.78, 5) is 4.43. The third-order valence-corrected chi connectivity index (χ3v) is 2.32. The fraction of sp³-hybridized carbons (Fsp3) is 0.250. The van der Waals surface area contributed by atoms with Crippen molar-refractivity contribution in [2.75, 3.05) is 14.2 Å². The van der Waals surface area contributed by atoms with Gasteiger partial charge < -0.3 is 10.1 Å². The molecule has 1 heterocycles. The molecule has 0 amide bonds. The summed E-state index contributed by atoms with van der Waals surface area (Å²) in [5.74, 6) is 1.44. The van der Waals surface area contributed by atoms with Crippen LogP contribution in [0, 0.1) is 0 Å². The first-order valence-corrected chi connectivity index (χ1v) is 5.31. The van der Waals surface area contributed by atoms with Crippen LogP contribution in [0.2, 0.25) is 0 Å². The van der Waals surface area contributed by atoms with Crippen molar-refractivity contribution in [1.82, 2.24) is 20.5 Å². The Morgan fingerprint density at radius 2 is 2.12 bits per heavy atom. The summed E-state index contributed by atoms with van der Waals surface area (Å²) in [6, 6.07) is 7.71. The molecule has 1 aromatic carbocycles.